The van der Waals surface area contributed by atoms with E-state index in [-0.39, 0.29) is 0 Å². The number of ether oxygens (including phenoxy) is 2. The van der Waals surface area contributed by atoms with E-state index in [1.807, 2.05) is 60.7 Å². The van der Waals surface area contributed by atoms with Crippen molar-refractivity contribution in [2.24, 2.45) is 0 Å². The topological polar surface area (TPSA) is 44.2 Å². The average molecular weight is 316 g/mol. The molecule has 4 rings (SSSR count). The fraction of sp³-hybridized carbons (Fsp3) is 0.100. The molecule has 0 saturated heterocycles. The molecule has 4 nitrogen and oxygen atoms in total. The van der Waals surface area contributed by atoms with E-state index in [2.05, 4.69) is 4.98 Å². The van der Waals surface area contributed by atoms with Crippen LogP contribution in [-0.2, 0) is 0 Å². The largest absolute Gasteiger partial charge is 0.497 e. The average Bonchev–Trinajstić information content (AvgIpc) is 2.65. The van der Waals surface area contributed by atoms with Crippen molar-refractivity contribution in [1.29, 1.82) is 0 Å². The maximum absolute atomic E-state index is 5.51. The van der Waals surface area contributed by atoms with Crippen molar-refractivity contribution >= 4 is 21.8 Å². The maximum atomic E-state index is 5.51. The van der Waals surface area contributed by atoms with Crippen molar-refractivity contribution in [3.05, 3.63) is 60.7 Å². The zero-order chi connectivity index (χ0) is 16.5. The highest BCUT2D eigenvalue weighted by Crippen LogP contribution is 2.31. The molecule has 118 valence electrons. The number of pyridine rings is 2. The van der Waals surface area contributed by atoms with Gasteiger partial charge < -0.3 is 9.47 Å². The molecule has 0 radical (unpaired) electrons. The number of aromatic nitrogens is 2. The summed E-state index contributed by atoms with van der Waals surface area (Å²) in [6, 6.07) is 19.9. The first kappa shape index (κ1) is 14.5. The lowest BCUT2D eigenvalue weighted by Crippen LogP contribution is -1.94. The van der Waals surface area contributed by atoms with Gasteiger partial charge in [0.2, 0.25) is 5.88 Å². The van der Waals surface area contributed by atoms with E-state index in [0.717, 1.165) is 38.8 Å². The maximum Gasteiger partial charge on any atom is 0.223 e. The molecule has 0 aliphatic rings. The van der Waals surface area contributed by atoms with E-state index in [0.29, 0.717) is 5.88 Å². The number of hydrogen-bond donors (Lipinski definition) is 0. The van der Waals surface area contributed by atoms with Crippen molar-refractivity contribution in [1.82, 2.24) is 9.97 Å². The number of nitrogens with zero attached hydrogens (tertiary/aromatic N) is 2. The minimum Gasteiger partial charge on any atom is -0.497 e. The first-order valence-electron chi connectivity index (χ1n) is 7.67. The summed E-state index contributed by atoms with van der Waals surface area (Å²) in [5.74, 6) is 1.38. The molecule has 2 aromatic heterocycles. The molecule has 0 bridgehead atoms. The van der Waals surface area contributed by atoms with Crippen LogP contribution in [0.2, 0.25) is 0 Å². The van der Waals surface area contributed by atoms with Crippen molar-refractivity contribution in [2.45, 2.75) is 0 Å². The van der Waals surface area contributed by atoms with Gasteiger partial charge in [0.15, 0.2) is 0 Å². The third-order valence-electron chi connectivity index (χ3n) is 4.04. The Labute approximate surface area is 139 Å². The fourth-order valence-corrected chi connectivity index (χ4v) is 2.82. The van der Waals surface area contributed by atoms with Crippen molar-refractivity contribution in [3.63, 3.8) is 0 Å². The quantitative estimate of drug-likeness (QED) is 0.523. The van der Waals surface area contributed by atoms with Gasteiger partial charge in [-0.15, -0.1) is 0 Å². The minimum absolute atomic E-state index is 0.573. The second-order valence-electron chi connectivity index (χ2n) is 5.50. The molecule has 0 aliphatic heterocycles. The highest BCUT2D eigenvalue weighted by atomic mass is 16.5. The molecule has 2 aromatic carbocycles. The van der Waals surface area contributed by atoms with Gasteiger partial charge in [-0.25, -0.2) is 9.97 Å². The predicted octanol–water partition coefficient (Wildman–Crippen LogP) is 4.47. The Morgan fingerprint density at radius 2 is 1.58 bits per heavy atom. The molecule has 4 heteroatoms. The second-order valence-corrected chi connectivity index (χ2v) is 5.50. The van der Waals surface area contributed by atoms with Crippen LogP contribution in [0.5, 0.6) is 11.6 Å². The van der Waals surface area contributed by atoms with Gasteiger partial charge in [0.05, 0.1) is 36.3 Å². The lowest BCUT2D eigenvalue weighted by atomic mass is 10.1. The molecule has 0 N–H and O–H groups in total. The van der Waals surface area contributed by atoms with Crippen LogP contribution in [-0.4, -0.2) is 24.2 Å². The molecule has 0 amide bonds. The fourth-order valence-electron chi connectivity index (χ4n) is 2.82. The lowest BCUT2D eigenvalue weighted by molar-refractivity contribution is 0.404. The zero-order valence-electron chi connectivity index (χ0n) is 13.5. The van der Waals surface area contributed by atoms with E-state index in [9.17, 15) is 0 Å². The highest BCUT2D eigenvalue weighted by Gasteiger charge is 2.11. The predicted molar refractivity (Wildman–Crippen MR) is 95.6 cm³/mol. The standard InChI is InChI=1S/C20H16N2O2/c1-23-15-8-9-17-14(10-15)11-16-19(21-17)12-18(22-20(16)24-2)13-6-4-3-5-7-13/h3-12H,1-2H3. The molecule has 2 heterocycles. The van der Waals surface area contributed by atoms with Gasteiger partial charge in [0.1, 0.15) is 5.75 Å². The van der Waals surface area contributed by atoms with Crippen LogP contribution < -0.4 is 9.47 Å². The van der Waals surface area contributed by atoms with Crippen LogP contribution in [0.1, 0.15) is 0 Å². The summed E-state index contributed by atoms with van der Waals surface area (Å²) in [5, 5.41) is 1.88. The van der Waals surface area contributed by atoms with Crippen LogP contribution in [0.25, 0.3) is 33.1 Å². The van der Waals surface area contributed by atoms with Crippen molar-refractivity contribution in [2.75, 3.05) is 14.2 Å². The number of hydrogen-bond acceptors (Lipinski definition) is 4. The smallest absolute Gasteiger partial charge is 0.223 e. The zero-order valence-corrected chi connectivity index (χ0v) is 13.5. The Balaban J connectivity index is 1.99. The Morgan fingerprint density at radius 1 is 0.750 bits per heavy atom. The van der Waals surface area contributed by atoms with Crippen LogP contribution in [0, 0.1) is 0 Å². The van der Waals surface area contributed by atoms with Gasteiger partial charge in [-0.3, -0.25) is 0 Å². The Hall–Kier alpha value is -3.14. The third kappa shape index (κ3) is 2.42. The first-order valence-corrected chi connectivity index (χ1v) is 7.67. The lowest BCUT2D eigenvalue weighted by Gasteiger charge is -2.10. The van der Waals surface area contributed by atoms with Crippen LogP contribution in [0.4, 0.5) is 0 Å². The second kappa shape index (κ2) is 5.81. The molecule has 0 saturated carbocycles. The summed E-state index contributed by atoms with van der Waals surface area (Å²) in [6.45, 7) is 0. The normalized spacial score (nSPS) is 10.9. The molecule has 4 aromatic rings. The summed E-state index contributed by atoms with van der Waals surface area (Å²) in [6.07, 6.45) is 0. The molecule has 24 heavy (non-hydrogen) atoms. The SMILES string of the molecule is COc1ccc2nc3cc(-c4ccccc4)nc(OC)c3cc2c1. The van der Waals surface area contributed by atoms with Gasteiger partial charge in [-0.1, -0.05) is 30.3 Å². The van der Waals surface area contributed by atoms with Crippen molar-refractivity contribution in [3.8, 4) is 22.9 Å². The van der Waals surface area contributed by atoms with Gasteiger partial charge in [0.25, 0.3) is 0 Å². The summed E-state index contributed by atoms with van der Waals surface area (Å²) < 4.78 is 10.8. The molecule has 0 unspecified atom stereocenters. The van der Waals surface area contributed by atoms with E-state index in [1.54, 1.807) is 14.2 Å². The van der Waals surface area contributed by atoms with Crippen LogP contribution in [0.3, 0.4) is 0 Å². The van der Waals surface area contributed by atoms with Gasteiger partial charge in [-0.2, -0.15) is 0 Å². The Morgan fingerprint density at radius 3 is 2.33 bits per heavy atom. The minimum atomic E-state index is 0.573. The number of fused-ring (bicyclic) bond motifs is 2. The molecule has 0 spiro atoms. The summed E-state index contributed by atoms with van der Waals surface area (Å²) >= 11 is 0. The monoisotopic (exact) mass is 316 g/mol. The van der Waals surface area contributed by atoms with Gasteiger partial charge >= 0.3 is 0 Å². The third-order valence-corrected chi connectivity index (χ3v) is 4.04. The number of methoxy groups -OCH3 is 2. The molecular formula is C20H16N2O2. The Kier molecular flexibility index (Phi) is 3.50. The van der Waals surface area contributed by atoms with Crippen LogP contribution >= 0.6 is 0 Å². The van der Waals surface area contributed by atoms with E-state index in [1.165, 1.54) is 0 Å². The Bertz CT molecular complexity index is 1030. The molecule has 0 atom stereocenters. The van der Waals surface area contributed by atoms with Gasteiger partial charge in [0, 0.05) is 10.9 Å². The summed E-state index contributed by atoms with van der Waals surface area (Å²) in [5.41, 5.74) is 3.66. The summed E-state index contributed by atoms with van der Waals surface area (Å²) in [4.78, 5) is 9.42. The van der Waals surface area contributed by atoms with Crippen LogP contribution in [0.15, 0.2) is 60.7 Å². The molecule has 0 aliphatic carbocycles. The molecular weight excluding hydrogens is 300 g/mol. The van der Waals surface area contributed by atoms with Gasteiger partial charge in [-0.05, 0) is 30.3 Å². The number of rotatable bonds is 3. The van der Waals surface area contributed by atoms with E-state index < -0.39 is 0 Å². The van der Waals surface area contributed by atoms with Crippen molar-refractivity contribution < 1.29 is 9.47 Å². The number of benzene rings is 2. The summed E-state index contributed by atoms with van der Waals surface area (Å²) in [7, 11) is 3.29. The molecule has 0 fully saturated rings. The highest BCUT2D eigenvalue weighted by molar-refractivity contribution is 5.97. The first-order chi connectivity index (χ1) is 11.8. The van der Waals surface area contributed by atoms with E-state index in [4.69, 9.17) is 14.5 Å². The van der Waals surface area contributed by atoms with E-state index >= 15 is 0 Å².